The summed E-state index contributed by atoms with van der Waals surface area (Å²) in [6.07, 6.45) is 1.26. The molecule has 0 saturated heterocycles. The first-order valence-corrected chi connectivity index (χ1v) is 7.74. The van der Waals surface area contributed by atoms with E-state index >= 15 is 0 Å². The molecule has 0 spiro atoms. The van der Waals surface area contributed by atoms with Gasteiger partial charge in [-0.2, -0.15) is 10.5 Å². The van der Waals surface area contributed by atoms with Gasteiger partial charge in [-0.15, -0.1) is 11.3 Å². The number of hydrogen-bond acceptors (Lipinski definition) is 7. The van der Waals surface area contributed by atoms with Gasteiger partial charge in [0.25, 0.3) is 0 Å². The zero-order valence-electron chi connectivity index (χ0n) is 13.0. The Morgan fingerprint density at radius 2 is 2.17 bits per heavy atom. The zero-order valence-corrected chi connectivity index (χ0v) is 13.8. The lowest BCUT2D eigenvalue weighted by Gasteiger charge is -2.04. The van der Waals surface area contributed by atoms with Crippen molar-refractivity contribution in [1.29, 1.82) is 10.5 Å². The van der Waals surface area contributed by atoms with Crippen molar-refractivity contribution in [2.45, 2.75) is 20.4 Å². The van der Waals surface area contributed by atoms with Crippen molar-refractivity contribution in [3.8, 4) is 12.1 Å². The maximum absolute atomic E-state index is 12.1. The van der Waals surface area contributed by atoms with Crippen LogP contribution in [0.2, 0.25) is 0 Å². The summed E-state index contributed by atoms with van der Waals surface area (Å²) in [4.78, 5) is 28.1. The molecule has 0 atom stereocenters. The van der Waals surface area contributed by atoms with Crippen LogP contribution in [0, 0.1) is 29.6 Å². The van der Waals surface area contributed by atoms with Gasteiger partial charge in [-0.25, -0.2) is 9.78 Å². The molecule has 0 fully saturated rings. The molecular weight excluding hydrogens is 330 g/mol. The number of aromatic nitrogens is 2. The Kier molecular flexibility index (Phi) is 5.30. The van der Waals surface area contributed by atoms with E-state index in [2.05, 4.69) is 10.3 Å². The Morgan fingerprint density at radius 3 is 2.79 bits per heavy atom. The molecule has 24 heavy (non-hydrogen) atoms. The van der Waals surface area contributed by atoms with Crippen LogP contribution < -0.4 is 5.32 Å². The summed E-state index contributed by atoms with van der Waals surface area (Å²) in [5.41, 5.74) is 0.713. The third-order valence-electron chi connectivity index (χ3n) is 3.00. The van der Waals surface area contributed by atoms with Crippen molar-refractivity contribution in [2.75, 3.05) is 11.9 Å². The van der Waals surface area contributed by atoms with Gasteiger partial charge in [-0.1, -0.05) is 0 Å². The van der Waals surface area contributed by atoms with E-state index in [9.17, 15) is 9.59 Å². The standard InChI is InChI=1S/C15H13N5O3S/c1-3-23-15(22)14-9(2)4-13(24-14)19-12(21)7-20-8-18-10(5-16)11(20)6-17/h4,8H,3,7H2,1-2H3,(H,19,21). The predicted molar refractivity (Wildman–Crippen MR) is 85.3 cm³/mol. The van der Waals surface area contributed by atoms with Crippen LogP contribution in [0.4, 0.5) is 5.00 Å². The van der Waals surface area contributed by atoms with Gasteiger partial charge >= 0.3 is 5.97 Å². The number of thiophene rings is 1. The highest BCUT2D eigenvalue weighted by atomic mass is 32.1. The molecule has 8 nitrogen and oxygen atoms in total. The normalized spacial score (nSPS) is 9.83. The van der Waals surface area contributed by atoms with Crippen LogP contribution in [-0.4, -0.2) is 28.0 Å². The van der Waals surface area contributed by atoms with Gasteiger partial charge in [0.15, 0.2) is 11.4 Å². The van der Waals surface area contributed by atoms with Gasteiger partial charge in [0.2, 0.25) is 5.91 Å². The van der Waals surface area contributed by atoms with Gasteiger partial charge in [-0.05, 0) is 25.5 Å². The number of imidazole rings is 1. The molecule has 0 radical (unpaired) electrons. The fourth-order valence-electron chi connectivity index (χ4n) is 1.98. The molecule has 0 aromatic carbocycles. The second-order valence-electron chi connectivity index (χ2n) is 4.68. The van der Waals surface area contributed by atoms with Crippen LogP contribution in [-0.2, 0) is 16.1 Å². The Bertz CT molecular complexity index is 869. The topological polar surface area (TPSA) is 121 Å². The molecule has 0 unspecified atom stereocenters. The van der Waals surface area contributed by atoms with Crippen LogP contribution in [0.1, 0.15) is 33.5 Å². The van der Waals surface area contributed by atoms with Crippen LogP contribution in [0.3, 0.4) is 0 Å². The maximum Gasteiger partial charge on any atom is 0.348 e. The summed E-state index contributed by atoms with van der Waals surface area (Å²) in [5, 5.41) is 21.0. The molecule has 2 aromatic heterocycles. The van der Waals surface area contributed by atoms with Gasteiger partial charge < -0.3 is 14.6 Å². The van der Waals surface area contributed by atoms with E-state index in [0.29, 0.717) is 15.4 Å². The number of nitriles is 2. The van der Waals surface area contributed by atoms with Crippen molar-refractivity contribution in [2.24, 2.45) is 0 Å². The Labute approximate surface area is 141 Å². The highest BCUT2D eigenvalue weighted by Crippen LogP contribution is 2.27. The van der Waals surface area contributed by atoms with E-state index in [-0.39, 0.29) is 24.5 Å². The van der Waals surface area contributed by atoms with Crippen LogP contribution >= 0.6 is 11.3 Å². The largest absolute Gasteiger partial charge is 0.462 e. The smallest absolute Gasteiger partial charge is 0.348 e. The lowest BCUT2D eigenvalue weighted by Crippen LogP contribution is -2.18. The molecule has 122 valence electrons. The molecule has 9 heteroatoms. The van der Waals surface area contributed by atoms with Gasteiger partial charge in [0.1, 0.15) is 23.6 Å². The van der Waals surface area contributed by atoms with Crippen molar-refractivity contribution in [3.63, 3.8) is 0 Å². The van der Waals surface area contributed by atoms with Crippen molar-refractivity contribution in [3.05, 3.63) is 34.2 Å². The number of nitrogens with one attached hydrogen (secondary N) is 1. The number of anilines is 1. The molecule has 1 amide bonds. The number of amides is 1. The van der Waals surface area contributed by atoms with Crippen LogP contribution in [0.15, 0.2) is 12.4 Å². The number of carbonyl (C=O) groups is 2. The first kappa shape index (κ1) is 17.2. The maximum atomic E-state index is 12.1. The molecule has 1 N–H and O–H groups in total. The quantitative estimate of drug-likeness (QED) is 0.826. The summed E-state index contributed by atoms with van der Waals surface area (Å²) in [6, 6.07) is 5.31. The first-order chi connectivity index (χ1) is 11.5. The molecule has 0 aliphatic carbocycles. The van der Waals surface area contributed by atoms with Crippen molar-refractivity contribution in [1.82, 2.24) is 9.55 Å². The number of hydrogen-bond donors (Lipinski definition) is 1. The first-order valence-electron chi connectivity index (χ1n) is 6.92. The lowest BCUT2D eigenvalue weighted by atomic mass is 10.3. The zero-order chi connectivity index (χ0) is 17.7. The summed E-state index contributed by atoms with van der Waals surface area (Å²) < 4.78 is 6.24. The summed E-state index contributed by atoms with van der Waals surface area (Å²) in [7, 11) is 0. The van der Waals surface area contributed by atoms with E-state index < -0.39 is 11.9 Å². The molecule has 0 aliphatic rings. The molecule has 2 rings (SSSR count). The average Bonchev–Trinajstić information content (AvgIpc) is 3.10. The van der Waals surface area contributed by atoms with Crippen LogP contribution in [0.25, 0.3) is 0 Å². The van der Waals surface area contributed by atoms with Crippen LogP contribution in [0.5, 0.6) is 0 Å². The van der Waals surface area contributed by atoms with E-state index in [4.69, 9.17) is 15.3 Å². The fraction of sp³-hybridized carbons (Fsp3) is 0.267. The minimum absolute atomic E-state index is 0.0261. The number of nitrogens with zero attached hydrogens (tertiary/aromatic N) is 4. The summed E-state index contributed by atoms with van der Waals surface area (Å²) >= 11 is 1.12. The summed E-state index contributed by atoms with van der Waals surface area (Å²) in [5.74, 6) is -0.828. The minimum Gasteiger partial charge on any atom is -0.462 e. The molecular formula is C15H13N5O3S. The van der Waals surface area contributed by atoms with E-state index in [1.807, 2.05) is 6.07 Å². The number of esters is 1. The predicted octanol–water partition coefficient (Wildman–Crippen LogP) is 1.81. The monoisotopic (exact) mass is 343 g/mol. The lowest BCUT2D eigenvalue weighted by molar-refractivity contribution is -0.116. The second kappa shape index (κ2) is 7.40. The third-order valence-corrected chi connectivity index (χ3v) is 4.14. The van der Waals surface area contributed by atoms with Gasteiger partial charge in [0.05, 0.1) is 17.9 Å². The van der Waals surface area contributed by atoms with Crippen molar-refractivity contribution >= 4 is 28.2 Å². The highest BCUT2D eigenvalue weighted by molar-refractivity contribution is 7.18. The van der Waals surface area contributed by atoms with Crippen molar-refractivity contribution < 1.29 is 14.3 Å². The number of carbonyl (C=O) groups excluding carboxylic acids is 2. The second-order valence-corrected chi connectivity index (χ2v) is 5.74. The number of aryl methyl sites for hydroxylation is 1. The van der Waals surface area contributed by atoms with E-state index in [0.717, 1.165) is 11.3 Å². The van der Waals surface area contributed by atoms with Gasteiger partial charge in [-0.3, -0.25) is 4.79 Å². The molecule has 0 aliphatic heterocycles. The summed E-state index contributed by atoms with van der Waals surface area (Å²) in [6.45, 7) is 3.58. The average molecular weight is 343 g/mol. The van der Waals surface area contributed by atoms with E-state index in [1.54, 1.807) is 26.0 Å². The SMILES string of the molecule is CCOC(=O)c1sc(NC(=O)Cn2cnc(C#N)c2C#N)cc1C. The third kappa shape index (κ3) is 3.59. The van der Waals surface area contributed by atoms with Gasteiger partial charge in [0, 0.05) is 0 Å². The number of ether oxygens (including phenoxy) is 1. The minimum atomic E-state index is -0.430. The molecule has 2 aromatic rings. The Hall–Kier alpha value is -3.17. The highest BCUT2D eigenvalue weighted by Gasteiger charge is 2.17. The molecule has 0 bridgehead atoms. The molecule has 2 heterocycles. The number of rotatable bonds is 5. The Morgan fingerprint density at radius 1 is 1.42 bits per heavy atom. The molecule has 0 saturated carbocycles. The van der Waals surface area contributed by atoms with E-state index in [1.165, 1.54) is 10.9 Å². The Balaban J connectivity index is 2.10. The fourth-order valence-corrected chi connectivity index (χ4v) is 2.96.